The summed E-state index contributed by atoms with van der Waals surface area (Å²) in [4.78, 5) is 37.3. The lowest BCUT2D eigenvalue weighted by Crippen LogP contribution is -2.42. The number of carbonyl (C=O) groups is 2. The predicted molar refractivity (Wildman–Crippen MR) is 143 cm³/mol. The van der Waals surface area contributed by atoms with Gasteiger partial charge >= 0.3 is 0 Å². The number of nitrogens with zero attached hydrogens (tertiary/aromatic N) is 4. The Morgan fingerprint density at radius 1 is 1.12 bits per heavy atom. The van der Waals surface area contributed by atoms with Crippen molar-refractivity contribution in [3.8, 4) is 0 Å². The highest BCUT2D eigenvalue weighted by atomic mass is 35.5. The van der Waals surface area contributed by atoms with Gasteiger partial charge in [-0.15, -0.1) is 12.4 Å². The topological polar surface area (TPSA) is 56.8 Å². The van der Waals surface area contributed by atoms with Gasteiger partial charge in [0.2, 0.25) is 11.8 Å². The van der Waals surface area contributed by atoms with Gasteiger partial charge in [-0.3, -0.25) is 14.5 Å². The number of anilines is 2. The Morgan fingerprint density at radius 3 is 2.50 bits per heavy atom. The lowest BCUT2D eigenvalue weighted by molar-refractivity contribution is -0.124. The number of aryl methyl sites for hydroxylation is 2. The average Bonchev–Trinajstić information content (AvgIpc) is 3.41. The molecule has 1 fully saturated rings. The number of para-hydroxylation sites is 1. The fourth-order valence-corrected chi connectivity index (χ4v) is 5.68. The molecule has 1 aromatic heterocycles. The third kappa shape index (κ3) is 5.43. The average molecular weight is 501 g/mol. The molecule has 1 unspecified atom stereocenters. The Morgan fingerprint density at radius 2 is 1.82 bits per heavy atom. The van der Waals surface area contributed by atoms with Gasteiger partial charge in [0.15, 0.2) is 5.13 Å². The number of likely N-dealkylation sites (N-methyl/N-ethyl adjacent to an activating group) is 1. The fourth-order valence-electron chi connectivity index (χ4n) is 4.51. The first-order valence-corrected chi connectivity index (χ1v) is 12.5. The van der Waals surface area contributed by atoms with E-state index < -0.39 is 0 Å². The molecule has 2 amide bonds. The Kier molecular flexibility index (Phi) is 8.68. The second kappa shape index (κ2) is 11.3. The molecule has 1 aliphatic heterocycles. The van der Waals surface area contributed by atoms with Crippen LogP contribution < -0.4 is 9.80 Å². The molecular weight excluding hydrogens is 468 g/mol. The van der Waals surface area contributed by atoms with Crippen LogP contribution in [0.1, 0.15) is 31.4 Å². The van der Waals surface area contributed by atoms with E-state index in [1.807, 2.05) is 35.2 Å². The molecule has 8 heteroatoms. The minimum absolute atomic E-state index is 0. The monoisotopic (exact) mass is 500 g/mol. The lowest BCUT2D eigenvalue weighted by atomic mass is 10.1. The first-order valence-electron chi connectivity index (χ1n) is 11.7. The standard InChI is InChI=1S/C26H32N4O2S.ClH/c1-5-28(6-2)12-13-29(26-27-24-19(4)14-18(3)15-22(24)33-26)25(32)20-16-23(31)30(17-20)21-10-8-7-9-11-21;/h7-11,14-15,20H,5-6,12-13,16-17H2,1-4H3;1H. The van der Waals surface area contributed by atoms with Crippen molar-refractivity contribution in [3.63, 3.8) is 0 Å². The maximum absolute atomic E-state index is 13.8. The highest BCUT2D eigenvalue weighted by molar-refractivity contribution is 7.22. The minimum atomic E-state index is -0.371. The third-order valence-corrected chi connectivity index (χ3v) is 7.42. The van der Waals surface area contributed by atoms with Crippen molar-refractivity contribution in [2.24, 2.45) is 5.92 Å². The van der Waals surface area contributed by atoms with Crippen LogP contribution in [0.25, 0.3) is 10.2 Å². The quantitative estimate of drug-likeness (QED) is 0.433. The van der Waals surface area contributed by atoms with E-state index in [1.165, 1.54) is 5.56 Å². The molecule has 0 radical (unpaired) electrons. The van der Waals surface area contributed by atoms with Crippen molar-refractivity contribution in [3.05, 3.63) is 53.6 Å². The van der Waals surface area contributed by atoms with Gasteiger partial charge in [-0.2, -0.15) is 0 Å². The van der Waals surface area contributed by atoms with Crippen LogP contribution in [0.3, 0.4) is 0 Å². The molecule has 0 aliphatic carbocycles. The summed E-state index contributed by atoms with van der Waals surface area (Å²) in [5, 5.41) is 0.724. The first-order chi connectivity index (χ1) is 15.9. The first kappa shape index (κ1) is 26.1. The number of thiazole rings is 1. The molecule has 0 N–H and O–H groups in total. The second-order valence-corrected chi connectivity index (χ2v) is 9.69. The molecule has 1 atom stereocenters. The molecule has 2 aromatic carbocycles. The van der Waals surface area contributed by atoms with E-state index in [1.54, 1.807) is 16.2 Å². The molecule has 34 heavy (non-hydrogen) atoms. The molecule has 3 aromatic rings. The number of hydrogen-bond acceptors (Lipinski definition) is 5. The van der Waals surface area contributed by atoms with Gasteiger partial charge in [-0.05, 0) is 56.3 Å². The summed E-state index contributed by atoms with van der Waals surface area (Å²) in [5.41, 5.74) is 4.11. The summed E-state index contributed by atoms with van der Waals surface area (Å²) in [6.07, 6.45) is 0.235. The van der Waals surface area contributed by atoms with E-state index in [0.717, 1.165) is 46.2 Å². The maximum Gasteiger partial charge on any atom is 0.234 e. The van der Waals surface area contributed by atoms with Crippen molar-refractivity contribution >= 4 is 56.6 Å². The lowest BCUT2D eigenvalue weighted by Gasteiger charge is -2.26. The van der Waals surface area contributed by atoms with Crippen LogP contribution >= 0.6 is 23.7 Å². The van der Waals surface area contributed by atoms with Gasteiger partial charge in [0, 0.05) is 31.7 Å². The number of carbonyl (C=O) groups excluding carboxylic acids is 2. The zero-order valence-corrected chi connectivity index (χ0v) is 21.9. The van der Waals surface area contributed by atoms with Crippen molar-refractivity contribution in [1.82, 2.24) is 9.88 Å². The Bertz CT molecular complexity index is 1150. The van der Waals surface area contributed by atoms with Crippen LogP contribution in [0, 0.1) is 19.8 Å². The Hall–Kier alpha value is -2.48. The summed E-state index contributed by atoms with van der Waals surface area (Å²) >= 11 is 1.56. The molecular formula is C26H33ClN4O2S. The molecule has 1 aliphatic rings. The van der Waals surface area contributed by atoms with E-state index in [9.17, 15) is 9.59 Å². The molecule has 0 bridgehead atoms. The number of rotatable bonds is 8. The van der Waals surface area contributed by atoms with E-state index in [2.05, 4.69) is 44.7 Å². The fraction of sp³-hybridized carbons (Fsp3) is 0.423. The summed E-state index contributed by atoms with van der Waals surface area (Å²) in [6.45, 7) is 12.0. The van der Waals surface area contributed by atoms with Crippen molar-refractivity contribution < 1.29 is 9.59 Å². The van der Waals surface area contributed by atoms with E-state index in [0.29, 0.717) is 13.1 Å². The molecule has 2 heterocycles. The van der Waals surface area contributed by atoms with Gasteiger partial charge in [-0.1, -0.05) is 49.4 Å². The van der Waals surface area contributed by atoms with E-state index >= 15 is 0 Å². The molecule has 1 saturated heterocycles. The van der Waals surface area contributed by atoms with Crippen LogP contribution in [0.2, 0.25) is 0 Å². The van der Waals surface area contributed by atoms with Gasteiger partial charge < -0.3 is 9.80 Å². The van der Waals surface area contributed by atoms with E-state index in [4.69, 9.17) is 4.98 Å². The summed E-state index contributed by atoms with van der Waals surface area (Å²) in [7, 11) is 0. The molecule has 6 nitrogen and oxygen atoms in total. The number of halogens is 1. The summed E-state index contributed by atoms with van der Waals surface area (Å²) in [5.74, 6) is -0.384. The van der Waals surface area contributed by atoms with Gasteiger partial charge in [-0.25, -0.2) is 4.98 Å². The molecule has 0 spiro atoms. The normalized spacial score (nSPS) is 15.7. The van der Waals surface area contributed by atoms with Crippen molar-refractivity contribution in [1.29, 1.82) is 0 Å². The predicted octanol–water partition coefficient (Wildman–Crippen LogP) is 5.06. The number of benzene rings is 2. The van der Waals surface area contributed by atoms with Gasteiger partial charge in [0.1, 0.15) is 0 Å². The highest BCUT2D eigenvalue weighted by Gasteiger charge is 2.38. The summed E-state index contributed by atoms with van der Waals surface area (Å²) < 4.78 is 1.09. The second-order valence-electron chi connectivity index (χ2n) is 8.68. The Balaban J connectivity index is 0.00000324. The van der Waals surface area contributed by atoms with Crippen LogP contribution in [0.4, 0.5) is 10.8 Å². The highest BCUT2D eigenvalue weighted by Crippen LogP contribution is 2.34. The maximum atomic E-state index is 13.8. The van der Waals surface area contributed by atoms with Crippen molar-refractivity contribution in [2.45, 2.75) is 34.1 Å². The summed E-state index contributed by atoms with van der Waals surface area (Å²) in [6, 6.07) is 13.9. The van der Waals surface area contributed by atoms with Gasteiger partial charge in [0.05, 0.1) is 16.1 Å². The zero-order valence-electron chi connectivity index (χ0n) is 20.3. The zero-order chi connectivity index (χ0) is 23.5. The van der Waals surface area contributed by atoms with E-state index in [-0.39, 0.29) is 36.6 Å². The van der Waals surface area contributed by atoms with Crippen LogP contribution in [-0.2, 0) is 9.59 Å². The number of fused-ring (bicyclic) bond motifs is 1. The SMILES string of the molecule is CCN(CC)CCN(C(=O)C1CC(=O)N(c2ccccc2)C1)c1nc2c(C)cc(C)cc2s1.Cl. The van der Waals surface area contributed by atoms with Crippen LogP contribution in [-0.4, -0.2) is 54.4 Å². The molecule has 0 saturated carbocycles. The Labute approximate surface area is 212 Å². The molecule has 182 valence electrons. The largest absolute Gasteiger partial charge is 0.312 e. The number of amides is 2. The molecule has 4 rings (SSSR count). The smallest absolute Gasteiger partial charge is 0.234 e. The number of aromatic nitrogens is 1. The van der Waals surface area contributed by atoms with Crippen molar-refractivity contribution in [2.75, 3.05) is 42.5 Å². The minimum Gasteiger partial charge on any atom is -0.312 e. The number of hydrogen-bond donors (Lipinski definition) is 0. The third-order valence-electron chi connectivity index (χ3n) is 6.39. The van der Waals surface area contributed by atoms with Crippen LogP contribution in [0.5, 0.6) is 0 Å². The van der Waals surface area contributed by atoms with Crippen LogP contribution in [0.15, 0.2) is 42.5 Å². The van der Waals surface area contributed by atoms with Gasteiger partial charge in [0.25, 0.3) is 0 Å².